The molecule has 1 aliphatic rings. The normalized spacial score (nSPS) is 11.8. The second-order valence-electron chi connectivity index (χ2n) is 3.11. The number of hydrogen-bond donors (Lipinski definition) is 1. The maximum absolute atomic E-state index is 10.6. The van der Waals surface area contributed by atoms with Crippen LogP contribution in [0.4, 0.5) is 0 Å². The predicted octanol–water partition coefficient (Wildman–Crippen LogP) is 2.98. The van der Waals surface area contributed by atoms with E-state index >= 15 is 0 Å². The third-order valence-electron chi connectivity index (χ3n) is 1.23. The van der Waals surface area contributed by atoms with E-state index in [9.17, 15) is 4.79 Å². The average molecular weight is 187 g/mol. The molecule has 13 heavy (non-hydrogen) atoms. The monoisotopic (exact) mass is 187 g/mol. The van der Waals surface area contributed by atoms with Gasteiger partial charge in [-0.3, -0.25) is 4.79 Å². The molecule has 0 saturated heterocycles. The first kappa shape index (κ1) is 15.0. The van der Waals surface area contributed by atoms with E-state index in [-0.39, 0.29) is 11.8 Å². The van der Waals surface area contributed by atoms with Gasteiger partial charge in [0, 0.05) is 12.5 Å². The van der Waals surface area contributed by atoms with Crippen molar-refractivity contribution in [2.75, 3.05) is 6.54 Å². The number of amides is 1. The van der Waals surface area contributed by atoms with Crippen LogP contribution >= 0.6 is 0 Å². The Bertz CT molecular complexity index is 106. The largest absolute Gasteiger partial charge is 0.356 e. The molecule has 0 radical (unpaired) electrons. The van der Waals surface area contributed by atoms with Crippen LogP contribution in [0.15, 0.2) is 0 Å². The van der Waals surface area contributed by atoms with Crippen molar-refractivity contribution in [3.63, 3.8) is 0 Å². The molecule has 1 rings (SSSR count). The molecule has 2 heteroatoms. The minimum Gasteiger partial charge on any atom is -0.356 e. The van der Waals surface area contributed by atoms with E-state index < -0.39 is 0 Å². The van der Waals surface area contributed by atoms with Crippen molar-refractivity contribution in [1.29, 1.82) is 0 Å². The molecule has 0 aromatic heterocycles. The molecule has 1 N–H and O–H groups in total. The molecular weight excluding hydrogens is 162 g/mol. The summed E-state index contributed by atoms with van der Waals surface area (Å²) in [6.45, 7) is 10.4. The second-order valence-corrected chi connectivity index (χ2v) is 3.11. The van der Waals surface area contributed by atoms with Gasteiger partial charge in [0.15, 0.2) is 0 Å². The number of carbonyl (C=O) groups excluding carboxylic acids is 1. The van der Waals surface area contributed by atoms with E-state index in [4.69, 9.17) is 0 Å². The summed E-state index contributed by atoms with van der Waals surface area (Å²) in [6.07, 6.45) is 4.50. The van der Waals surface area contributed by atoms with E-state index in [0.717, 1.165) is 6.54 Å². The Morgan fingerprint density at radius 1 is 1.23 bits per heavy atom. The molecule has 0 aliphatic heterocycles. The van der Waals surface area contributed by atoms with E-state index in [2.05, 4.69) is 5.32 Å². The highest BCUT2D eigenvalue weighted by Gasteiger charge is 2.02. The standard InChI is InChI=1S/C6H13NO.C3H6.C2H6/c1-4-7-6(8)5(2)3;1-2-3-1;1-2/h5H,4H2,1-3H3,(H,7,8);1-3H2;1-2H3. The van der Waals surface area contributed by atoms with Gasteiger partial charge in [-0.25, -0.2) is 0 Å². The molecule has 1 fully saturated rings. The van der Waals surface area contributed by atoms with Crippen molar-refractivity contribution >= 4 is 5.91 Å². The molecule has 0 atom stereocenters. The molecule has 80 valence electrons. The SMILES string of the molecule is C1CC1.CC.CCNC(=O)C(C)C. The van der Waals surface area contributed by atoms with Gasteiger partial charge >= 0.3 is 0 Å². The van der Waals surface area contributed by atoms with Crippen LogP contribution in [-0.2, 0) is 4.79 Å². The number of hydrogen-bond acceptors (Lipinski definition) is 1. The second kappa shape index (κ2) is 11.5. The maximum atomic E-state index is 10.6. The van der Waals surface area contributed by atoms with Gasteiger partial charge in [-0.1, -0.05) is 47.0 Å². The van der Waals surface area contributed by atoms with Crippen LogP contribution in [0.1, 0.15) is 53.9 Å². The van der Waals surface area contributed by atoms with Crippen LogP contribution in [0.2, 0.25) is 0 Å². The lowest BCUT2D eigenvalue weighted by Gasteiger charge is -2.02. The predicted molar refractivity (Wildman–Crippen MR) is 58.7 cm³/mol. The van der Waals surface area contributed by atoms with Crippen LogP contribution in [0.3, 0.4) is 0 Å². The Labute approximate surface area is 83.1 Å². The molecule has 1 aliphatic carbocycles. The zero-order valence-corrected chi connectivity index (χ0v) is 9.81. The molecule has 1 saturated carbocycles. The summed E-state index contributed by atoms with van der Waals surface area (Å²) in [5, 5.41) is 2.71. The summed E-state index contributed by atoms with van der Waals surface area (Å²) < 4.78 is 0. The van der Waals surface area contributed by atoms with Gasteiger partial charge < -0.3 is 5.32 Å². The topological polar surface area (TPSA) is 29.1 Å². The molecular formula is C11H25NO. The highest BCUT2D eigenvalue weighted by Crippen LogP contribution is 2.14. The Hall–Kier alpha value is -0.530. The number of carbonyl (C=O) groups is 1. The first-order chi connectivity index (χ1) is 6.18. The van der Waals surface area contributed by atoms with Crippen molar-refractivity contribution in [3.8, 4) is 0 Å². The van der Waals surface area contributed by atoms with Gasteiger partial charge in [0.2, 0.25) is 5.91 Å². The van der Waals surface area contributed by atoms with Crippen molar-refractivity contribution in [3.05, 3.63) is 0 Å². The van der Waals surface area contributed by atoms with E-state index in [1.807, 2.05) is 34.6 Å². The highest BCUT2D eigenvalue weighted by molar-refractivity contribution is 5.77. The van der Waals surface area contributed by atoms with Gasteiger partial charge in [-0.2, -0.15) is 0 Å². The first-order valence-corrected chi connectivity index (χ1v) is 5.46. The first-order valence-electron chi connectivity index (χ1n) is 5.46. The van der Waals surface area contributed by atoms with Gasteiger partial charge in [0.1, 0.15) is 0 Å². The molecule has 0 spiro atoms. The van der Waals surface area contributed by atoms with E-state index in [0.29, 0.717) is 0 Å². The fraction of sp³-hybridized carbons (Fsp3) is 0.909. The van der Waals surface area contributed by atoms with Crippen molar-refractivity contribution in [2.45, 2.75) is 53.9 Å². The maximum Gasteiger partial charge on any atom is 0.222 e. The minimum absolute atomic E-state index is 0.120. The molecule has 0 aromatic carbocycles. The van der Waals surface area contributed by atoms with E-state index in [1.54, 1.807) is 0 Å². The third kappa shape index (κ3) is 18.4. The zero-order chi connectivity index (χ0) is 10.7. The molecule has 2 nitrogen and oxygen atoms in total. The Morgan fingerprint density at radius 3 is 1.69 bits per heavy atom. The lowest BCUT2D eigenvalue weighted by Crippen LogP contribution is -2.26. The number of nitrogens with one attached hydrogen (secondary N) is 1. The summed E-state index contributed by atoms with van der Waals surface area (Å²) >= 11 is 0. The smallest absolute Gasteiger partial charge is 0.222 e. The van der Waals surface area contributed by atoms with E-state index in [1.165, 1.54) is 19.3 Å². The summed E-state index contributed by atoms with van der Waals surface area (Å²) in [5.41, 5.74) is 0. The van der Waals surface area contributed by atoms with Crippen LogP contribution in [0, 0.1) is 5.92 Å². The van der Waals surface area contributed by atoms with Gasteiger partial charge in [-0.05, 0) is 6.92 Å². The summed E-state index contributed by atoms with van der Waals surface area (Å²) in [7, 11) is 0. The Kier molecular flexibility index (Phi) is 13.2. The molecule has 0 bridgehead atoms. The lowest BCUT2D eigenvalue weighted by atomic mass is 10.2. The van der Waals surface area contributed by atoms with Crippen LogP contribution in [0.25, 0.3) is 0 Å². The van der Waals surface area contributed by atoms with Crippen molar-refractivity contribution < 1.29 is 4.79 Å². The molecule has 0 heterocycles. The zero-order valence-electron chi connectivity index (χ0n) is 9.81. The van der Waals surface area contributed by atoms with Crippen LogP contribution in [-0.4, -0.2) is 12.5 Å². The van der Waals surface area contributed by atoms with Crippen LogP contribution < -0.4 is 5.32 Å². The van der Waals surface area contributed by atoms with Gasteiger partial charge in [0.05, 0.1) is 0 Å². The van der Waals surface area contributed by atoms with Gasteiger partial charge in [0.25, 0.3) is 0 Å². The fourth-order valence-corrected chi connectivity index (χ4v) is 0.378. The van der Waals surface area contributed by atoms with Crippen LogP contribution in [0.5, 0.6) is 0 Å². The highest BCUT2D eigenvalue weighted by atomic mass is 16.1. The summed E-state index contributed by atoms with van der Waals surface area (Å²) in [5.74, 6) is 0.252. The molecule has 0 aromatic rings. The fourth-order valence-electron chi connectivity index (χ4n) is 0.378. The molecule has 0 unspecified atom stereocenters. The molecule has 1 amide bonds. The third-order valence-corrected chi connectivity index (χ3v) is 1.23. The van der Waals surface area contributed by atoms with Crippen molar-refractivity contribution in [2.24, 2.45) is 5.92 Å². The Balaban J connectivity index is 0. The Morgan fingerprint density at radius 2 is 1.62 bits per heavy atom. The average Bonchev–Trinajstić information content (AvgIpc) is 2.94. The minimum atomic E-state index is 0.120. The quantitative estimate of drug-likeness (QED) is 0.707. The summed E-state index contributed by atoms with van der Waals surface area (Å²) in [4.78, 5) is 10.6. The van der Waals surface area contributed by atoms with Gasteiger partial charge in [-0.15, -0.1) is 0 Å². The summed E-state index contributed by atoms with van der Waals surface area (Å²) in [6, 6.07) is 0. The van der Waals surface area contributed by atoms with Crippen molar-refractivity contribution in [1.82, 2.24) is 5.32 Å². The lowest BCUT2D eigenvalue weighted by molar-refractivity contribution is -0.123. The number of rotatable bonds is 2.